The molecule has 2 aromatic heterocycles. The second kappa shape index (κ2) is 7.08. The Labute approximate surface area is 162 Å². The van der Waals surface area contributed by atoms with E-state index < -0.39 is 17.4 Å². The van der Waals surface area contributed by atoms with E-state index in [0.29, 0.717) is 11.3 Å². The van der Waals surface area contributed by atoms with E-state index in [1.54, 1.807) is 12.1 Å². The van der Waals surface area contributed by atoms with Crippen molar-refractivity contribution in [3.63, 3.8) is 0 Å². The zero-order valence-corrected chi connectivity index (χ0v) is 15.1. The summed E-state index contributed by atoms with van der Waals surface area (Å²) < 4.78 is 48.9. The first kappa shape index (κ1) is 18.7. The van der Waals surface area contributed by atoms with Crippen LogP contribution in [0.15, 0.2) is 62.3 Å². The molecule has 0 aliphatic carbocycles. The third-order valence-corrected chi connectivity index (χ3v) is 4.31. The zero-order chi connectivity index (χ0) is 20.6. The van der Waals surface area contributed by atoms with E-state index in [0.717, 1.165) is 23.1 Å². The highest BCUT2D eigenvalue weighted by atomic mass is 19.4. The number of nitrogens with zero attached hydrogens (tertiary/aromatic N) is 2. The fraction of sp³-hybridized carbons (Fsp3) is 0.150. The molecule has 6 nitrogen and oxygen atoms in total. The summed E-state index contributed by atoms with van der Waals surface area (Å²) >= 11 is 0. The van der Waals surface area contributed by atoms with Crippen LogP contribution in [0.4, 0.5) is 18.9 Å². The molecule has 4 aromatic rings. The maximum absolute atomic E-state index is 12.9. The lowest BCUT2D eigenvalue weighted by Gasteiger charge is -2.06. The quantitative estimate of drug-likeness (QED) is 0.496. The highest BCUT2D eigenvalue weighted by Crippen LogP contribution is 2.31. The molecule has 2 heterocycles. The lowest BCUT2D eigenvalue weighted by molar-refractivity contribution is -0.137. The Balaban J connectivity index is 1.52. The average Bonchev–Trinajstić information content (AvgIpc) is 3.14. The van der Waals surface area contributed by atoms with Crippen molar-refractivity contribution in [3.05, 3.63) is 76.0 Å². The molecule has 0 spiro atoms. The lowest BCUT2D eigenvalue weighted by Crippen LogP contribution is -2.04. The monoisotopic (exact) mass is 401 g/mol. The van der Waals surface area contributed by atoms with Gasteiger partial charge in [-0.1, -0.05) is 17.3 Å². The molecule has 0 aliphatic heterocycles. The summed E-state index contributed by atoms with van der Waals surface area (Å²) in [6.07, 6.45) is -4.45. The van der Waals surface area contributed by atoms with E-state index in [1.165, 1.54) is 18.2 Å². The van der Waals surface area contributed by atoms with Gasteiger partial charge in [-0.2, -0.15) is 18.2 Å². The molecule has 0 saturated heterocycles. The Bertz CT molecular complexity index is 1240. The first-order chi connectivity index (χ1) is 13.8. The van der Waals surface area contributed by atoms with Crippen molar-refractivity contribution in [2.24, 2.45) is 0 Å². The molecule has 29 heavy (non-hydrogen) atoms. The first-order valence-electron chi connectivity index (χ1n) is 8.58. The Morgan fingerprint density at radius 3 is 2.72 bits per heavy atom. The molecule has 2 aromatic carbocycles. The number of nitrogens with one attached hydrogen (secondary N) is 1. The van der Waals surface area contributed by atoms with Crippen molar-refractivity contribution in [3.8, 4) is 11.4 Å². The summed E-state index contributed by atoms with van der Waals surface area (Å²) in [7, 11) is 0. The summed E-state index contributed by atoms with van der Waals surface area (Å²) in [6.45, 7) is 1.97. The number of aryl methyl sites for hydroxylation is 1. The van der Waals surface area contributed by atoms with Gasteiger partial charge < -0.3 is 14.3 Å². The maximum Gasteiger partial charge on any atom is 0.416 e. The van der Waals surface area contributed by atoms with E-state index in [-0.39, 0.29) is 23.8 Å². The van der Waals surface area contributed by atoms with Gasteiger partial charge in [-0.05, 0) is 36.8 Å². The maximum atomic E-state index is 12.9. The predicted octanol–water partition coefficient (Wildman–Crippen LogP) is 4.78. The Morgan fingerprint density at radius 2 is 1.93 bits per heavy atom. The van der Waals surface area contributed by atoms with Crippen molar-refractivity contribution in [1.82, 2.24) is 10.1 Å². The number of alkyl halides is 3. The van der Waals surface area contributed by atoms with E-state index in [2.05, 4.69) is 15.5 Å². The molecule has 148 valence electrons. The van der Waals surface area contributed by atoms with Gasteiger partial charge in [0.05, 0.1) is 12.1 Å². The average molecular weight is 401 g/mol. The molecule has 0 unspecified atom stereocenters. The van der Waals surface area contributed by atoms with Crippen LogP contribution < -0.4 is 10.9 Å². The van der Waals surface area contributed by atoms with E-state index in [9.17, 15) is 18.0 Å². The molecule has 0 aliphatic rings. The minimum atomic E-state index is -4.45. The number of hydrogen-bond acceptors (Lipinski definition) is 6. The molecule has 4 rings (SSSR count). The predicted molar refractivity (Wildman–Crippen MR) is 99.3 cm³/mol. The van der Waals surface area contributed by atoms with Crippen molar-refractivity contribution < 1.29 is 22.1 Å². The molecule has 0 fully saturated rings. The van der Waals surface area contributed by atoms with Crippen molar-refractivity contribution in [2.75, 3.05) is 5.32 Å². The smallest absolute Gasteiger partial charge is 0.416 e. The van der Waals surface area contributed by atoms with Gasteiger partial charge >= 0.3 is 11.8 Å². The van der Waals surface area contributed by atoms with E-state index >= 15 is 0 Å². The van der Waals surface area contributed by atoms with Crippen molar-refractivity contribution in [1.29, 1.82) is 0 Å². The number of benzene rings is 2. The van der Waals surface area contributed by atoms with Crippen LogP contribution >= 0.6 is 0 Å². The third-order valence-electron chi connectivity index (χ3n) is 4.31. The van der Waals surface area contributed by atoms with Gasteiger partial charge in [0.1, 0.15) is 5.58 Å². The summed E-state index contributed by atoms with van der Waals surface area (Å²) in [5.41, 5.74) is 0.894. The second-order valence-electron chi connectivity index (χ2n) is 6.40. The summed E-state index contributed by atoms with van der Waals surface area (Å²) in [5, 5.41) is 7.62. The van der Waals surface area contributed by atoms with Crippen LogP contribution in [0.1, 0.15) is 17.0 Å². The largest absolute Gasteiger partial charge is 0.423 e. The van der Waals surface area contributed by atoms with E-state index in [4.69, 9.17) is 8.94 Å². The Morgan fingerprint density at radius 1 is 1.10 bits per heavy atom. The zero-order valence-electron chi connectivity index (χ0n) is 15.1. The van der Waals surface area contributed by atoms with Crippen LogP contribution in [0.2, 0.25) is 0 Å². The summed E-state index contributed by atoms with van der Waals surface area (Å²) in [6, 6.07) is 11.4. The lowest BCUT2D eigenvalue weighted by atomic mass is 10.1. The Kier molecular flexibility index (Phi) is 4.57. The standard InChI is InChI=1S/C20H14F3N3O3/c1-11-7-18(27)28-16-9-14(5-6-15(11)16)24-10-17-25-19(26-29-17)12-3-2-4-13(8-12)20(21,22)23/h2-9,24H,10H2,1H3. The molecule has 0 atom stereocenters. The van der Waals surface area contributed by atoms with Crippen molar-refractivity contribution in [2.45, 2.75) is 19.6 Å². The summed E-state index contributed by atoms with van der Waals surface area (Å²) in [4.78, 5) is 15.7. The molecule has 0 amide bonds. The van der Waals surface area contributed by atoms with Gasteiger partial charge in [-0.3, -0.25) is 0 Å². The van der Waals surface area contributed by atoms with Gasteiger partial charge in [0.15, 0.2) is 0 Å². The van der Waals surface area contributed by atoms with Gasteiger partial charge in [-0.25, -0.2) is 4.79 Å². The van der Waals surface area contributed by atoms with Gasteiger partial charge in [0.2, 0.25) is 11.7 Å². The minimum absolute atomic E-state index is 0.0630. The van der Waals surface area contributed by atoms with Crippen molar-refractivity contribution >= 4 is 16.7 Å². The number of fused-ring (bicyclic) bond motifs is 1. The number of aromatic nitrogens is 2. The SMILES string of the molecule is Cc1cc(=O)oc2cc(NCc3nc(-c4cccc(C(F)(F)F)c4)no3)ccc12. The van der Waals surface area contributed by atoms with Crippen LogP contribution in [0.5, 0.6) is 0 Å². The van der Waals surface area contributed by atoms with Gasteiger partial charge in [0.25, 0.3) is 0 Å². The number of anilines is 1. The van der Waals surface area contributed by atoms with Crippen LogP contribution in [-0.4, -0.2) is 10.1 Å². The number of halogens is 3. The molecule has 0 radical (unpaired) electrons. The summed E-state index contributed by atoms with van der Waals surface area (Å²) in [5.74, 6) is 0.260. The first-order valence-corrected chi connectivity index (χ1v) is 8.58. The number of rotatable bonds is 4. The van der Waals surface area contributed by atoms with Gasteiger partial charge in [0, 0.05) is 28.8 Å². The fourth-order valence-electron chi connectivity index (χ4n) is 2.89. The minimum Gasteiger partial charge on any atom is -0.423 e. The topological polar surface area (TPSA) is 81.2 Å². The van der Waals surface area contributed by atoms with Crippen LogP contribution in [0.25, 0.3) is 22.4 Å². The third kappa shape index (κ3) is 3.98. The normalized spacial score (nSPS) is 11.7. The fourth-order valence-corrected chi connectivity index (χ4v) is 2.89. The second-order valence-corrected chi connectivity index (χ2v) is 6.40. The van der Waals surface area contributed by atoms with Crippen LogP contribution in [0, 0.1) is 6.92 Å². The molecule has 1 N–H and O–H groups in total. The van der Waals surface area contributed by atoms with Gasteiger partial charge in [-0.15, -0.1) is 0 Å². The van der Waals surface area contributed by atoms with Crippen LogP contribution in [0.3, 0.4) is 0 Å². The number of hydrogen-bond donors (Lipinski definition) is 1. The molecule has 0 bridgehead atoms. The highest BCUT2D eigenvalue weighted by Gasteiger charge is 2.30. The van der Waals surface area contributed by atoms with Crippen LogP contribution in [-0.2, 0) is 12.7 Å². The molecule has 0 saturated carbocycles. The molecule has 9 heteroatoms. The Hall–Kier alpha value is -3.62. The molecular weight excluding hydrogens is 387 g/mol. The van der Waals surface area contributed by atoms with E-state index in [1.807, 2.05) is 13.0 Å². The highest BCUT2D eigenvalue weighted by molar-refractivity contribution is 5.83. The molecular formula is C20H14F3N3O3.